The summed E-state index contributed by atoms with van der Waals surface area (Å²) in [5.41, 5.74) is 0.567. The molecule has 1 fully saturated rings. The number of carbonyl (C=O) groups excluding carboxylic acids is 2. The van der Waals surface area contributed by atoms with E-state index in [1.54, 1.807) is 12.1 Å². The third-order valence-electron chi connectivity index (χ3n) is 2.97. The minimum absolute atomic E-state index is 0.0622. The normalized spacial score (nSPS) is 13.4. The zero-order chi connectivity index (χ0) is 16.9. The largest absolute Gasteiger partial charge is 0.335 e. The molecule has 2 aromatic rings. The average molecular weight is 367 g/mol. The van der Waals surface area contributed by atoms with Crippen molar-refractivity contribution < 1.29 is 14.0 Å². The van der Waals surface area contributed by atoms with Crippen LogP contribution in [0.3, 0.4) is 0 Å². The summed E-state index contributed by atoms with van der Waals surface area (Å²) in [4.78, 5) is 23.1. The topological polar surface area (TPSA) is 96.0 Å². The monoisotopic (exact) mass is 367 g/mol. The molecule has 126 valence electrons. The number of imide groups is 1. The summed E-state index contributed by atoms with van der Waals surface area (Å²) in [5.74, 6) is -0.680. The van der Waals surface area contributed by atoms with Crippen molar-refractivity contribution in [3.63, 3.8) is 0 Å². The lowest BCUT2D eigenvalue weighted by atomic mass is 10.3. The molecule has 3 rings (SSSR count). The molecule has 1 aromatic carbocycles. The van der Waals surface area contributed by atoms with Gasteiger partial charge in [0.15, 0.2) is 4.34 Å². The number of benzene rings is 1. The van der Waals surface area contributed by atoms with E-state index < -0.39 is 11.9 Å². The van der Waals surface area contributed by atoms with Crippen LogP contribution >= 0.6 is 23.1 Å². The zero-order valence-corrected chi connectivity index (χ0v) is 14.0. The fraction of sp³-hybridized carbons (Fsp3) is 0.286. The van der Waals surface area contributed by atoms with Crippen LogP contribution in [0.4, 0.5) is 20.0 Å². The number of rotatable bonds is 6. The molecule has 3 N–H and O–H groups in total. The lowest BCUT2D eigenvalue weighted by Gasteiger charge is -2.04. The van der Waals surface area contributed by atoms with Crippen LogP contribution in [-0.4, -0.2) is 33.9 Å². The second-order valence-corrected chi connectivity index (χ2v) is 7.29. The van der Waals surface area contributed by atoms with E-state index in [1.807, 2.05) is 0 Å². The molecule has 0 atom stereocenters. The van der Waals surface area contributed by atoms with Crippen molar-refractivity contribution in [2.75, 3.05) is 11.1 Å². The predicted molar refractivity (Wildman–Crippen MR) is 90.0 cm³/mol. The van der Waals surface area contributed by atoms with Crippen LogP contribution < -0.4 is 16.0 Å². The molecule has 0 spiro atoms. The van der Waals surface area contributed by atoms with Gasteiger partial charge in [-0.05, 0) is 31.0 Å². The van der Waals surface area contributed by atoms with Gasteiger partial charge in [0.2, 0.25) is 11.0 Å². The van der Waals surface area contributed by atoms with Crippen molar-refractivity contribution in [3.05, 3.63) is 30.1 Å². The molecule has 0 bridgehead atoms. The molecule has 10 heteroatoms. The van der Waals surface area contributed by atoms with Crippen LogP contribution in [0.2, 0.25) is 0 Å². The number of urea groups is 1. The smallest absolute Gasteiger partial charge is 0.321 e. The SMILES string of the molecule is O=C(CSc1nnc(Nc2cccc(F)c2)s1)NC(=O)NC1CC1. The van der Waals surface area contributed by atoms with E-state index >= 15 is 0 Å². The average Bonchev–Trinajstić information content (AvgIpc) is 3.22. The van der Waals surface area contributed by atoms with E-state index in [2.05, 4.69) is 26.1 Å². The fourth-order valence-electron chi connectivity index (χ4n) is 1.75. The van der Waals surface area contributed by atoms with Gasteiger partial charge in [-0.15, -0.1) is 10.2 Å². The van der Waals surface area contributed by atoms with Gasteiger partial charge in [-0.2, -0.15) is 0 Å². The lowest BCUT2D eigenvalue weighted by molar-refractivity contribution is -0.117. The summed E-state index contributed by atoms with van der Waals surface area (Å²) < 4.78 is 13.7. The second kappa shape index (κ2) is 7.58. The van der Waals surface area contributed by atoms with Crippen LogP contribution in [0, 0.1) is 5.82 Å². The maximum atomic E-state index is 13.1. The minimum atomic E-state index is -0.464. The molecule has 0 radical (unpaired) electrons. The molecule has 7 nitrogen and oxygen atoms in total. The molecule has 1 aliphatic rings. The van der Waals surface area contributed by atoms with Crippen molar-refractivity contribution in [1.82, 2.24) is 20.8 Å². The molecular formula is C14H14FN5O2S2. The second-order valence-electron chi connectivity index (χ2n) is 5.09. The Morgan fingerprint density at radius 2 is 2.17 bits per heavy atom. The van der Waals surface area contributed by atoms with Gasteiger partial charge in [0.1, 0.15) is 5.82 Å². The van der Waals surface area contributed by atoms with Gasteiger partial charge in [0.25, 0.3) is 0 Å². The number of hydrogen-bond acceptors (Lipinski definition) is 7. The van der Waals surface area contributed by atoms with Crippen LogP contribution in [0.15, 0.2) is 28.6 Å². The van der Waals surface area contributed by atoms with Gasteiger partial charge < -0.3 is 10.6 Å². The first-order chi connectivity index (χ1) is 11.6. The highest BCUT2D eigenvalue weighted by molar-refractivity contribution is 8.01. The number of nitrogens with zero attached hydrogens (tertiary/aromatic N) is 2. The third-order valence-corrected chi connectivity index (χ3v) is 4.95. The molecule has 0 aliphatic heterocycles. The van der Waals surface area contributed by atoms with Gasteiger partial charge >= 0.3 is 6.03 Å². The van der Waals surface area contributed by atoms with Crippen LogP contribution in [-0.2, 0) is 4.79 Å². The Hall–Kier alpha value is -2.20. The number of anilines is 2. The van der Waals surface area contributed by atoms with E-state index in [0.717, 1.165) is 12.8 Å². The Kier molecular flexibility index (Phi) is 5.26. The van der Waals surface area contributed by atoms with Gasteiger partial charge in [-0.3, -0.25) is 10.1 Å². The summed E-state index contributed by atoms with van der Waals surface area (Å²) in [6, 6.07) is 5.73. The summed E-state index contributed by atoms with van der Waals surface area (Å²) in [5, 5.41) is 16.2. The first-order valence-corrected chi connectivity index (χ1v) is 8.98. The maximum absolute atomic E-state index is 13.1. The van der Waals surface area contributed by atoms with E-state index in [0.29, 0.717) is 15.2 Å². The van der Waals surface area contributed by atoms with Gasteiger partial charge in [-0.1, -0.05) is 29.2 Å². The van der Waals surface area contributed by atoms with E-state index in [4.69, 9.17) is 0 Å². The fourth-order valence-corrected chi connectivity index (χ4v) is 3.32. The number of hydrogen-bond donors (Lipinski definition) is 3. The molecule has 1 saturated carbocycles. The summed E-state index contributed by atoms with van der Waals surface area (Å²) in [6.07, 6.45) is 1.92. The minimum Gasteiger partial charge on any atom is -0.335 e. The van der Waals surface area contributed by atoms with Crippen LogP contribution in [0.5, 0.6) is 0 Å². The number of halogens is 1. The van der Waals surface area contributed by atoms with E-state index in [9.17, 15) is 14.0 Å². The standard InChI is InChI=1S/C14H14FN5O2S2/c15-8-2-1-3-10(6-8)17-13-19-20-14(24-13)23-7-11(21)18-12(22)16-9-4-5-9/h1-3,6,9H,4-5,7H2,(H,17,19)(H2,16,18,21,22). The zero-order valence-electron chi connectivity index (χ0n) is 12.4. The van der Waals surface area contributed by atoms with Gasteiger partial charge in [-0.25, -0.2) is 9.18 Å². The van der Waals surface area contributed by atoms with Crippen LogP contribution in [0.25, 0.3) is 0 Å². The predicted octanol–water partition coefficient (Wildman–Crippen LogP) is 2.50. The highest BCUT2D eigenvalue weighted by Gasteiger charge is 2.23. The first kappa shape index (κ1) is 16.7. The number of amides is 3. The van der Waals surface area contributed by atoms with Gasteiger partial charge in [0, 0.05) is 11.7 Å². The van der Waals surface area contributed by atoms with Crippen molar-refractivity contribution >= 4 is 45.9 Å². The van der Waals surface area contributed by atoms with E-state index in [1.165, 1.54) is 35.2 Å². The van der Waals surface area contributed by atoms with Gasteiger partial charge in [0.05, 0.1) is 5.75 Å². The van der Waals surface area contributed by atoms with Crippen molar-refractivity contribution in [3.8, 4) is 0 Å². The molecule has 1 aliphatic carbocycles. The Morgan fingerprint density at radius 1 is 1.33 bits per heavy atom. The van der Waals surface area contributed by atoms with E-state index in [-0.39, 0.29) is 17.6 Å². The first-order valence-electron chi connectivity index (χ1n) is 7.18. The van der Waals surface area contributed by atoms with Crippen molar-refractivity contribution in [2.24, 2.45) is 0 Å². The highest BCUT2D eigenvalue weighted by Crippen LogP contribution is 2.27. The number of carbonyl (C=O) groups is 2. The highest BCUT2D eigenvalue weighted by atomic mass is 32.2. The molecule has 1 aromatic heterocycles. The van der Waals surface area contributed by atoms with Crippen LogP contribution in [0.1, 0.15) is 12.8 Å². The lowest BCUT2D eigenvalue weighted by Crippen LogP contribution is -2.41. The third kappa shape index (κ3) is 5.17. The molecule has 0 unspecified atom stereocenters. The summed E-state index contributed by atoms with van der Waals surface area (Å²) in [6.45, 7) is 0. The number of nitrogens with one attached hydrogen (secondary N) is 3. The molecule has 0 saturated heterocycles. The quantitative estimate of drug-likeness (QED) is 0.679. The molecule has 3 amide bonds. The maximum Gasteiger partial charge on any atom is 0.321 e. The number of aromatic nitrogens is 2. The summed E-state index contributed by atoms with van der Waals surface area (Å²) >= 11 is 2.42. The Bertz CT molecular complexity index is 750. The van der Waals surface area contributed by atoms with Crippen molar-refractivity contribution in [1.29, 1.82) is 0 Å². The Morgan fingerprint density at radius 3 is 2.92 bits per heavy atom. The molecule has 1 heterocycles. The summed E-state index contributed by atoms with van der Waals surface area (Å²) in [7, 11) is 0. The molecular weight excluding hydrogens is 353 g/mol. The number of thioether (sulfide) groups is 1. The van der Waals surface area contributed by atoms with Crippen molar-refractivity contribution in [2.45, 2.75) is 23.2 Å². The Balaban J connectivity index is 1.45. The Labute approximate surface area is 145 Å². The molecule has 24 heavy (non-hydrogen) atoms.